The van der Waals surface area contributed by atoms with Gasteiger partial charge in [-0.05, 0) is 48.6 Å². The summed E-state index contributed by atoms with van der Waals surface area (Å²) in [7, 11) is 3.86. The van der Waals surface area contributed by atoms with Gasteiger partial charge in [0.15, 0.2) is 0 Å². The van der Waals surface area contributed by atoms with Crippen molar-refractivity contribution in [3.05, 3.63) is 60.2 Å². The SMILES string of the molecule is CN(C)c1ccc(C(=O)N/C(N)=N/C(=S)Nc2ccccc2)cc1. The van der Waals surface area contributed by atoms with E-state index in [4.69, 9.17) is 18.0 Å². The van der Waals surface area contributed by atoms with Crippen LogP contribution in [0, 0.1) is 0 Å². The number of hydrogen-bond acceptors (Lipinski definition) is 3. The molecule has 124 valence electrons. The number of para-hydroxylation sites is 1. The van der Waals surface area contributed by atoms with Crippen LogP contribution in [-0.2, 0) is 0 Å². The van der Waals surface area contributed by atoms with Crippen molar-refractivity contribution in [3.63, 3.8) is 0 Å². The zero-order valence-electron chi connectivity index (χ0n) is 13.5. The number of anilines is 2. The molecule has 24 heavy (non-hydrogen) atoms. The number of amides is 1. The van der Waals surface area contributed by atoms with Crippen molar-refractivity contribution in [2.75, 3.05) is 24.3 Å². The molecule has 2 rings (SSSR count). The number of rotatable bonds is 3. The molecule has 2 aromatic rings. The number of aliphatic imine (C=N–C) groups is 1. The third-order valence-corrected chi connectivity index (χ3v) is 3.33. The highest BCUT2D eigenvalue weighted by atomic mass is 32.1. The molecule has 0 saturated heterocycles. The number of nitrogens with one attached hydrogen (secondary N) is 2. The number of nitrogens with two attached hydrogens (primary N) is 1. The molecule has 6 nitrogen and oxygen atoms in total. The van der Waals surface area contributed by atoms with Crippen LogP contribution >= 0.6 is 12.2 Å². The number of carbonyl (C=O) groups is 1. The molecule has 4 N–H and O–H groups in total. The second-order valence-corrected chi connectivity index (χ2v) is 5.58. The van der Waals surface area contributed by atoms with Gasteiger partial charge < -0.3 is 16.0 Å². The Kier molecular flexibility index (Phi) is 5.86. The molecule has 0 heterocycles. The fourth-order valence-corrected chi connectivity index (χ4v) is 2.13. The highest BCUT2D eigenvalue weighted by Crippen LogP contribution is 2.12. The van der Waals surface area contributed by atoms with Crippen molar-refractivity contribution in [3.8, 4) is 0 Å². The van der Waals surface area contributed by atoms with Crippen molar-refractivity contribution in [1.29, 1.82) is 0 Å². The predicted molar refractivity (Wildman–Crippen MR) is 103 cm³/mol. The van der Waals surface area contributed by atoms with Gasteiger partial charge in [0, 0.05) is 31.0 Å². The van der Waals surface area contributed by atoms with Crippen LogP contribution in [0.4, 0.5) is 11.4 Å². The van der Waals surface area contributed by atoms with Gasteiger partial charge >= 0.3 is 0 Å². The van der Waals surface area contributed by atoms with Crippen molar-refractivity contribution in [1.82, 2.24) is 5.32 Å². The van der Waals surface area contributed by atoms with E-state index < -0.39 is 0 Å². The fraction of sp³-hybridized carbons (Fsp3) is 0.118. The predicted octanol–water partition coefficient (Wildman–Crippen LogP) is 2.19. The summed E-state index contributed by atoms with van der Waals surface area (Å²) in [6.45, 7) is 0. The highest BCUT2D eigenvalue weighted by molar-refractivity contribution is 7.80. The summed E-state index contributed by atoms with van der Waals surface area (Å²) in [5.74, 6) is -0.408. The minimum Gasteiger partial charge on any atom is -0.378 e. The van der Waals surface area contributed by atoms with Crippen LogP contribution in [-0.4, -0.2) is 31.1 Å². The molecule has 0 atom stereocenters. The maximum atomic E-state index is 12.1. The van der Waals surface area contributed by atoms with E-state index in [9.17, 15) is 4.79 Å². The molecular weight excluding hydrogens is 322 g/mol. The van der Waals surface area contributed by atoms with Crippen molar-refractivity contribution in [2.45, 2.75) is 0 Å². The van der Waals surface area contributed by atoms with E-state index in [0.29, 0.717) is 5.56 Å². The van der Waals surface area contributed by atoms with Gasteiger partial charge in [-0.15, -0.1) is 0 Å². The molecule has 0 aliphatic carbocycles. The van der Waals surface area contributed by atoms with Crippen LogP contribution in [0.25, 0.3) is 0 Å². The molecule has 7 heteroatoms. The molecule has 0 aliphatic rings. The van der Waals surface area contributed by atoms with E-state index >= 15 is 0 Å². The van der Waals surface area contributed by atoms with Gasteiger partial charge in [0.25, 0.3) is 5.91 Å². The second-order valence-electron chi connectivity index (χ2n) is 5.19. The van der Waals surface area contributed by atoms with E-state index in [1.165, 1.54) is 0 Å². The van der Waals surface area contributed by atoms with Crippen molar-refractivity contribution in [2.24, 2.45) is 10.7 Å². The second kappa shape index (κ2) is 8.07. The van der Waals surface area contributed by atoms with Crippen LogP contribution < -0.4 is 21.3 Å². The Morgan fingerprint density at radius 1 is 1.08 bits per heavy atom. The zero-order chi connectivity index (χ0) is 17.5. The van der Waals surface area contributed by atoms with E-state index in [2.05, 4.69) is 15.6 Å². The first-order chi connectivity index (χ1) is 11.5. The number of benzene rings is 2. The monoisotopic (exact) mass is 341 g/mol. The summed E-state index contributed by atoms with van der Waals surface area (Å²) in [5.41, 5.74) is 8.01. The van der Waals surface area contributed by atoms with Gasteiger partial charge in [0.2, 0.25) is 11.1 Å². The Hall–Kier alpha value is -2.93. The van der Waals surface area contributed by atoms with E-state index in [0.717, 1.165) is 11.4 Å². The third-order valence-electron chi connectivity index (χ3n) is 3.13. The van der Waals surface area contributed by atoms with Gasteiger partial charge in [-0.3, -0.25) is 10.1 Å². The normalized spacial score (nSPS) is 10.8. The standard InChI is InChI=1S/C17H19N5OS/c1-22(2)14-10-8-12(9-11-14)15(23)20-16(18)21-17(24)19-13-6-4-3-5-7-13/h3-11H,1-2H3,(H4,18,19,20,21,23,24). The summed E-state index contributed by atoms with van der Waals surface area (Å²) in [6.07, 6.45) is 0. The Bertz CT molecular complexity index is 741. The molecule has 0 spiro atoms. The third kappa shape index (κ3) is 5.06. The number of nitrogens with zero attached hydrogens (tertiary/aromatic N) is 2. The minimum atomic E-state index is -0.343. The van der Waals surface area contributed by atoms with Crippen molar-refractivity contribution >= 4 is 40.6 Å². The number of guanidine groups is 1. The van der Waals surface area contributed by atoms with Gasteiger partial charge in [-0.2, -0.15) is 4.99 Å². The Balaban J connectivity index is 1.96. The zero-order valence-corrected chi connectivity index (χ0v) is 14.3. The largest absolute Gasteiger partial charge is 0.378 e. The molecule has 0 aromatic heterocycles. The first-order valence-electron chi connectivity index (χ1n) is 7.24. The van der Waals surface area contributed by atoms with Crippen LogP contribution in [0.3, 0.4) is 0 Å². The van der Waals surface area contributed by atoms with Gasteiger partial charge in [0.05, 0.1) is 0 Å². The molecule has 1 amide bonds. The molecule has 0 unspecified atom stereocenters. The minimum absolute atomic E-state index is 0.0647. The number of carbonyl (C=O) groups excluding carboxylic acids is 1. The Morgan fingerprint density at radius 3 is 2.29 bits per heavy atom. The van der Waals surface area contributed by atoms with E-state index in [1.807, 2.05) is 61.5 Å². The maximum Gasteiger partial charge on any atom is 0.257 e. The lowest BCUT2D eigenvalue weighted by Crippen LogP contribution is -2.37. The van der Waals surface area contributed by atoms with Crippen molar-refractivity contribution < 1.29 is 4.79 Å². The molecule has 2 aromatic carbocycles. The molecule has 0 aliphatic heterocycles. The smallest absolute Gasteiger partial charge is 0.257 e. The first kappa shape index (κ1) is 17.4. The molecular formula is C17H19N5OS. The van der Waals surface area contributed by atoms with Crippen LogP contribution in [0.15, 0.2) is 59.6 Å². The molecule has 0 fully saturated rings. The number of thiocarbonyl (C=S) groups is 1. The maximum absolute atomic E-state index is 12.1. The lowest BCUT2D eigenvalue weighted by atomic mass is 10.2. The molecule has 0 saturated carbocycles. The topological polar surface area (TPSA) is 82.8 Å². The Labute approximate surface area is 146 Å². The highest BCUT2D eigenvalue weighted by Gasteiger charge is 2.08. The summed E-state index contributed by atoms with van der Waals surface area (Å²) in [5, 5.41) is 5.59. The fourth-order valence-electron chi connectivity index (χ4n) is 1.91. The lowest BCUT2D eigenvalue weighted by molar-refractivity contribution is 0.0976. The molecule has 0 bridgehead atoms. The summed E-state index contributed by atoms with van der Waals surface area (Å²) in [4.78, 5) is 18.0. The van der Waals surface area contributed by atoms with Gasteiger partial charge in [-0.25, -0.2) is 0 Å². The van der Waals surface area contributed by atoms with Gasteiger partial charge in [0.1, 0.15) is 0 Å². The average Bonchev–Trinajstić information content (AvgIpc) is 2.55. The average molecular weight is 341 g/mol. The first-order valence-corrected chi connectivity index (χ1v) is 7.65. The van der Waals surface area contributed by atoms with Gasteiger partial charge in [-0.1, -0.05) is 18.2 Å². The summed E-state index contributed by atoms with van der Waals surface area (Å²) >= 11 is 5.09. The summed E-state index contributed by atoms with van der Waals surface area (Å²) < 4.78 is 0. The van der Waals surface area contributed by atoms with E-state index in [1.54, 1.807) is 12.1 Å². The van der Waals surface area contributed by atoms with Crippen LogP contribution in [0.5, 0.6) is 0 Å². The van der Waals surface area contributed by atoms with Crippen LogP contribution in [0.1, 0.15) is 10.4 Å². The quantitative estimate of drug-likeness (QED) is 0.453. The summed E-state index contributed by atoms with van der Waals surface area (Å²) in [6, 6.07) is 16.5. The van der Waals surface area contributed by atoms with Crippen LogP contribution in [0.2, 0.25) is 0 Å². The Morgan fingerprint density at radius 2 is 1.71 bits per heavy atom. The number of hydrogen-bond donors (Lipinski definition) is 3. The molecule has 0 radical (unpaired) electrons. The lowest BCUT2D eigenvalue weighted by Gasteiger charge is -2.12. The van der Waals surface area contributed by atoms with E-state index in [-0.39, 0.29) is 17.0 Å².